The molecular formula is C6H6NO2Y3-. The number of carbonyl (C=O) groups excluding carboxylic acids is 2. The van der Waals surface area contributed by atoms with Crippen LogP contribution in [0.25, 0.3) is 5.32 Å². The normalized spacial score (nSPS) is 14.2. The van der Waals surface area contributed by atoms with Gasteiger partial charge in [0, 0.05) is 98.1 Å². The van der Waals surface area contributed by atoms with Crippen molar-refractivity contribution >= 4 is 11.8 Å². The van der Waals surface area contributed by atoms with Gasteiger partial charge in [-0.2, -0.15) is 0 Å². The summed E-state index contributed by atoms with van der Waals surface area (Å²) in [5.41, 5.74) is 0.944. The van der Waals surface area contributed by atoms with Crippen molar-refractivity contribution in [1.82, 2.24) is 0 Å². The van der Waals surface area contributed by atoms with Crippen molar-refractivity contribution < 1.29 is 108 Å². The third-order valence-electron chi connectivity index (χ3n) is 1.41. The number of rotatable bonds is 0. The van der Waals surface area contributed by atoms with Gasteiger partial charge in [0.05, 0.1) is 11.8 Å². The minimum absolute atomic E-state index is 0. The van der Waals surface area contributed by atoms with Gasteiger partial charge < -0.3 is 14.9 Å². The summed E-state index contributed by atoms with van der Waals surface area (Å²) in [7, 11) is 0. The molecule has 0 aliphatic carbocycles. The Kier molecular flexibility index (Phi) is 14.0. The molecule has 0 fully saturated rings. The zero-order valence-corrected chi connectivity index (χ0v) is 15.5. The standard InChI is InChI=1S/C6H7NO2.3Y/c1-3-4(2)6(9)7-5(3)8;;;/h1-2H3,(H,7,8,9);;;/p-1. The molecule has 3 radical (unpaired) electrons. The van der Waals surface area contributed by atoms with E-state index in [-0.39, 0.29) is 98.1 Å². The summed E-state index contributed by atoms with van der Waals surface area (Å²) in [5, 5.41) is 3.20. The molecule has 0 saturated heterocycles. The van der Waals surface area contributed by atoms with Crippen LogP contribution < -0.4 is 0 Å². The van der Waals surface area contributed by atoms with Crippen molar-refractivity contribution in [2.45, 2.75) is 13.8 Å². The van der Waals surface area contributed by atoms with E-state index >= 15 is 0 Å². The Morgan fingerprint density at radius 1 is 0.833 bits per heavy atom. The van der Waals surface area contributed by atoms with Crippen molar-refractivity contribution in [2.24, 2.45) is 0 Å². The smallest absolute Gasteiger partial charge is 0.0835 e. The molecule has 0 aromatic heterocycles. The van der Waals surface area contributed by atoms with Crippen molar-refractivity contribution in [2.75, 3.05) is 0 Å². The van der Waals surface area contributed by atoms with Gasteiger partial charge in [0.1, 0.15) is 0 Å². The Labute approximate surface area is 147 Å². The maximum Gasteiger partial charge on any atom is 0.0835 e. The fourth-order valence-electron chi connectivity index (χ4n) is 0.581. The fourth-order valence-corrected chi connectivity index (χ4v) is 0.581. The monoisotopic (exact) mass is 391 g/mol. The molecule has 0 unspecified atom stereocenters. The van der Waals surface area contributed by atoms with Crippen molar-refractivity contribution in [3.05, 3.63) is 16.5 Å². The molecule has 0 aromatic rings. The second-order valence-corrected chi connectivity index (χ2v) is 1.97. The number of hydrogen-bond acceptors (Lipinski definition) is 2. The third-order valence-corrected chi connectivity index (χ3v) is 1.41. The Balaban J connectivity index is -0.000000270. The van der Waals surface area contributed by atoms with Crippen LogP contribution in [-0.4, -0.2) is 11.8 Å². The van der Waals surface area contributed by atoms with E-state index in [4.69, 9.17) is 0 Å². The second kappa shape index (κ2) is 8.50. The zero-order valence-electron chi connectivity index (χ0n) is 7.00. The molecule has 12 heavy (non-hydrogen) atoms. The summed E-state index contributed by atoms with van der Waals surface area (Å²) < 4.78 is 0. The molecule has 6 heteroatoms. The van der Waals surface area contributed by atoms with E-state index in [9.17, 15) is 9.59 Å². The van der Waals surface area contributed by atoms with Crippen LogP contribution in [0.5, 0.6) is 0 Å². The van der Waals surface area contributed by atoms with Crippen LogP contribution in [-0.2, 0) is 108 Å². The van der Waals surface area contributed by atoms with Gasteiger partial charge in [-0.25, -0.2) is 0 Å². The van der Waals surface area contributed by atoms with Gasteiger partial charge in [0.25, 0.3) is 0 Å². The first-order chi connectivity index (χ1) is 4.13. The summed E-state index contributed by atoms with van der Waals surface area (Å²) in [6.45, 7) is 3.21. The molecule has 0 aromatic carbocycles. The molecule has 1 aliphatic rings. The molecule has 0 bridgehead atoms. The molecular weight excluding hydrogens is 385 g/mol. The third kappa shape index (κ3) is 4.61. The first-order valence-electron chi connectivity index (χ1n) is 2.61. The van der Waals surface area contributed by atoms with Crippen LogP contribution in [0.4, 0.5) is 0 Å². The Morgan fingerprint density at radius 3 is 1.17 bits per heavy atom. The van der Waals surface area contributed by atoms with Gasteiger partial charge in [-0.1, -0.05) is 0 Å². The van der Waals surface area contributed by atoms with Crippen LogP contribution in [0.2, 0.25) is 0 Å². The summed E-state index contributed by atoms with van der Waals surface area (Å²) in [4.78, 5) is 21.1. The summed E-state index contributed by atoms with van der Waals surface area (Å²) in [6.07, 6.45) is 0. The number of imide groups is 1. The number of nitrogens with zero attached hydrogens (tertiary/aromatic N) is 1. The minimum atomic E-state index is -0.391. The zero-order chi connectivity index (χ0) is 7.02. The molecule has 57 valence electrons. The van der Waals surface area contributed by atoms with E-state index in [1.54, 1.807) is 13.8 Å². The van der Waals surface area contributed by atoms with Crippen LogP contribution in [0.3, 0.4) is 0 Å². The minimum Gasteiger partial charge on any atom is -0.588 e. The maximum absolute atomic E-state index is 10.5. The Hall–Kier alpha value is 2.19. The summed E-state index contributed by atoms with van der Waals surface area (Å²) in [6, 6.07) is 0. The molecule has 0 N–H and O–H groups in total. The van der Waals surface area contributed by atoms with Crippen molar-refractivity contribution in [1.29, 1.82) is 0 Å². The molecule has 1 rings (SSSR count). The second-order valence-electron chi connectivity index (χ2n) is 1.97. The number of amides is 2. The molecule has 0 atom stereocenters. The van der Waals surface area contributed by atoms with Gasteiger partial charge in [-0.05, 0) is 25.0 Å². The average molecular weight is 391 g/mol. The van der Waals surface area contributed by atoms with Gasteiger partial charge in [0.15, 0.2) is 0 Å². The van der Waals surface area contributed by atoms with E-state index in [2.05, 4.69) is 5.32 Å². The molecule has 0 spiro atoms. The summed E-state index contributed by atoms with van der Waals surface area (Å²) in [5.74, 6) is -0.782. The molecule has 1 aliphatic heterocycles. The first kappa shape index (κ1) is 19.7. The number of carbonyl (C=O) groups is 2. The van der Waals surface area contributed by atoms with Crippen LogP contribution >= 0.6 is 0 Å². The van der Waals surface area contributed by atoms with E-state index in [0.717, 1.165) is 0 Å². The first-order valence-corrected chi connectivity index (χ1v) is 2.61. The average Bonchev–Trinajstić information content (AvgIpc) is 1.98. The van der Waals surface area contributed by atoms with E-state index in [0.29, 0.717) is 11.1 Å². The Morgan fingerprint density at radius 2 is 1.08 bits per heavy atom. The van der Waals surface area contributed by atoms with Crippen LogP contribution in [0.1, 0.15) is 13.8 Å². The predicted octanol–water partition coefficient (Wildman–Crippen LogP) is 0.756. The van der Waals surface area contributed by atoms with E-state index in [1.807, 2.05) is 0 Å². The molecule has 0 saturated carbocycles. The Bertz CT molecular complexity index is 203. The van der Waals surface area contributed by atoms with E-state index < -0.39 is 11.8 Å². The fraction of sp³-hybridized carbons (Fsp3) is 0.333. The molecule has 3 nitrogen and oxygen atoms in total. The number of hydrogen-bond donors (Lipinski definition) is 0. The largest absolute Gasteiger partial charge is 0.588 e. The quantitative estimate of drug-likeness (QED) is 0.573. The van der Waals surface area contributed by atoms with Gasteiger partial charge in [-0.15, -0.1) is 0 Å². The molecule has 1 heterocycles. The molecule has 2 amide bonds. The van der Waals surface area contributed by atoms with Gasteiger partial charge in [-0.3, -0.25) is 0 Å². The van der Waals surface area contributed by atoms with Crippen LogP contribution in [0, 0.1) is 0 Å². The van der Waals surface area contributed by atoms with E-state index in [1.165, 1.54) is 0 Å². The van der Waals surface area contributed by atoms with Crippen molar-refractivity contribution in [3.8, 4) is 0 Å². The van der Waals surface area contributed by atoms with Crippen LogP contribution in [0.15, 0.2) is 11.1 Å². The summed E-state index contributed by atoms with van der Waals surface area (Å²) >= 11 is 0. The topological polar surface area (TPSA) is 48.2 Å². The van der Waals surface area contributed by atoms with Crippen molar-refractivity contribution in [3.63, 3.8) is 0 Å². The predicted molar refractivity (Wildman–Crippen MR) is 31.7 cm³/mol. The SMILES string of the molecule is CC1=C(C)C(=O)[N-]C1=O.[Y].[Y].[Y]. The van der Waals surface area contributed by atoms with Gasteiger partial charge in [0.2, 0.25) is 0 Å². The maximum atomic E-state index is 10.5. The van der Waals surface area contributed by atoms with Gasteiger partial charge >= 0.3 is 0 Å².